The Balaban J connectivity index is 1.35. The zero-order valence-corrected chi connectivity index (χ0v) is 21.2. The lowest BCUT2D eigenvalue weighted by Crippen LogP contribution is -2.14. The molecule has 0 bridgehead atoms. The molecule has 8 rings (SSSR count). The predicted octanol–water partition coefficient (Wildman–Crippen LogP) is 9.17. The van der Waals surface area contributed by atoms with Crippen molar-refractivity contribution in [1.82, 2.24) is 9.97 Å². The van der Waals surface area contributed by atoms with E-state index in [2.05, 4.69) is 92.7 Å². The van der Waals surface area contributed by atoms with E-state index in [9.17, 15) is 0 Å². The Morgan fingerprint density at radius 1 is 0.553 bits per heavy atom. The first-order valence-corrected chi connectivity index (χ1v) is 13.0. The second kappa shape index (κ2) is 7.62. The minimum atomic E-state index is -0.0621. The molecule has 0 atom stereocenters. The van der Waals surface area contributed by atoms with Crippen molar-refractivity contribution in [2.24, 2.45) is 0 Å². The van der Waals surface area contributed by atoms with E-state index >= 15 is 0 Å². The van der Waals surface area contributed by atoms with Gasteiger partial charge in [-0.05, 0) is 58.7 Å². The standard InChI is InChI=1S/C35H24N2O/c1-35(2)28-14-8-6-12-23(28)25-20-32-27(19-29(25)35)26-18-22(16-17-31(26)38-32)34-36-30-15-9-7-13-24(30)33(37-34)21-10-4-3-5-11-21/h3-20H,1-2H3. The normalized spacial score (nSPS) is 13.7. The van der Waals surface area contributed by atoms with Crippen LogP contribution in [0.3, 0.4) is 0 Å². The molecule has 2 aromatic heterocycles. The first-order valence-electron chi connectivity index (χ1n) is 13.0. The van der Waals surface area contributed by atoms with Gasteiger partial charge in [-0.2, -0.15) is 0 Å². The summed E-state index contributed by atoms with van der Waals surface area (Å²) in [6.45, 7) is 4.62. The van der Waals surface area contributed by atoms with Gasteiger partial charge in [0.05, 0.1) is 11.2 Å². The van der Waals surface area contributed by atoms with Gasteiger partial charge in [0.15, 0.2) is 5.82 Å². The van der Waals surface area contributed by atoms with Crippen molar-refractivity contribution in [3.8, 4) is 33.8 Å². The third-order valence-corrected chi connectivity index (χ3v) is 8.08. The minimum absolute atomic E-state index is 0.0621. The van der Waals surface area contributed by atoms with Gasteiger partial charge in [0.2, 0.25) is 0 Å². The summed E-state index contributed by atoms with van der Waals surface area (Å²) in [4.78, 5) is 10.0. The maximum absolute atomic E-state index is 6.37. The first kappa shape index (κ1) is 21.3. The summed E-state index contributed by atoms with van der Waals surface area (Å²) in [6, 6.07) is 38.1. The summed E-state index contributed by atoms with van der Waals surface area (Å²) in [6.07, 6.45) is 0. The molecule has 0 fully saturated rings. The molecule has 0 N–H and O–H groups in total. The number of benzene rings is 5. The lowest BCUT2D eigenvalue weighted by Gasteiger charge is -2.21. The van der Waals surface area contributed by atoms with E-state index in [4.69, 9.17) is 14.4 Å². The van der Waals surface area contributed by atoms with Crippen molar-refractivity contribution in [2.75, 3.05) is 0 Å². The molecule has 0 saturated heterocycles. The SMILES string of the molecule is CC1(C)c2ccccc2-c2cc3oc4ccc(-c5nc(-c6ccccc6)c6ccccc6n5)cc4c3cc21. The Hall–Kier alpha value is -4.76. The summed E-state index contributed by atoms with van der Waals surface area (Å²) in [5.74, 6) is 0.715. The Morgan fingerprint density at radius 2 is 1.32 bits per heavy atom. The van der Waals surface area contributed by atoms with E-state index < -0.39 is 0 Å². The number of para-hydroxylation sites is 1. The second-order valence-electron chi connectivity index (χ2n) is 10.7. The van der Waals surface area contributed by atoms with E-state index in [-0.39, 0.29) is 5.41 Å². The van der Waals surface area contributed by atoms with Crippen LogP contribution in [0, 0.1) is 0 Å². The molecule has 0 aliphatic heterocycles. The summed E-state index contributed by atoms with van der Waals surface area (Å²) in [7, 11) is 0. The molecule has 1 aliphatic carbocycles. The number of aromatic nitrogens is 2. The number of hydrogen-bond acceptors (Lipinski definition) is 3. The summed E-state index contributed by atoms with van der Waals surface area (Å²) >= 11 is 0. The predicted molar refractivity (Wildman–Crippen MR) is 155 cm³/mol. The zero-order valence-electron chi connectivity index (χ0n) is 21.2. The molecule has 0 amide bonds. The number of furan rings is 1. The Kier molecular flexibility index (Phi) is 4.28. The quantitative estimate of drug-likeness (QED) is 0.243. The molecule has 38 heavy (non-hydrogen) atoms. The molecule has 3 heteroatoms. The van der Waals surface area contributed by atoms with Gasteiger partial charge in [0.25, 0.3) is 0 Å². The third kappa shape index (κ3) is 2.96. The molecule has 3 nitrogen and oxygen atoms in total. The second-order valence-corrected chi connectivity index (χ2v) is 10.7. The topological polar surface area (TPSA) is 38.9 Å². The number of hydrogen-bond donors (Lipinski definition) is 0. The summed E-state index contributed by atoms with van der Waals surface area (Å²) in [5.41, 5.74) is 10.9. The Morgan fingerprint density at radius 3 is 2.21 bits per heavy atom. The van der Waals surface area contributed by atoms with Gasteiger partial charge in [-0.1, -0.05) is 86.6 Å². The van der Waals surface area contributed by atoms with Crippen LogP contribution in [0.4, 0.5) is 0 Å². The molecule has 5 aromatic carbocycles. The van der Waals surface area contributed by atoms with Crippen molar-refractivity contribution in [3.05, 3.63) is 120 Å². The van der Waals surface area contributed by atoms with Crippen LogP contribution in [0.15, 0.2) is 114 Å². The molecule has 0 radical (unpaired) electrons. The van der Waals surface area contributed by atoms with Gasteiger partial charge in [0, 0.05) is 32.7 Å². The van der Waals surface area contributed by atoms with Crippen LogP contribution in [-0.2, 0) is 5.41 Å². The highest BCUT2D eigenvalue weighted by Crippen LogP contribution is 2.50. The maximum Gasteiger partial charge on any atom is 0.160 e. The first-order chi connectivity index (χ1) is 18.6. The summed E-state index contributed by atoms with van der Waals surface area (Å²) < 4.78 is 6.37. The summed E-state index contributed by atoms with van der Waals surface area (Å²) in [5, 5.41) is 3.27. The monoisotopic (exact) mass is 488 g/mol. The highest BCUT2D eigenvalue weighted by Gasteiger charge is 2.36. The molecule has 1 aliphatic rings. The third-order valence-electron chi connectivity index (χ3n) is 8.08. The molecule has 7 aromatic rings. The van der Waals surface area contributed by atoms with Gasteiger partial charge in [-0.25, -0.2) is 9.97 Å². The molecule has 2 heterocycles. The van der Waals surface area contributed by atoms with Crippen LogP contribution in [0.25, 0.3) is 66.6 Å². The van der Waals surface area contributed by atoms with Crippen LogP contribution in [-0.4, -0.2) is 9.97 Å². The van der Waals surface area contributed by atoms with E-state index in [0.29, 0.717) is 5.82 Å². The molecular formula is C35H24N2O. The van der Waals surface area contributed by atoms with Crippen molar-refractivity contribution < 1.29 is 4.42 Å². The van der Waals surface area contributed by atoms with E-state index in [1.807, 2.05) is 30.3 Å². The largest absolute Gasteiger partial charge is 0.456 e. The Bertz CT molecular complexity index is 2050. The van der Waals surface area contributed by atoms with Crippen molar-refractivity contribution in [2.45, 2.75) is 19.3 Å². The van der Waals surface area contributed by atoms with Crippen LogP contribution in [0.1, 0.15) is 25.0 Å². The highest BCUT2D eigenvalue weighted by molar-refractivity contribution is 6.08. The lowest BCUT2D eigenvalue weighted by atomic mass is 9.82. The van der Waals surface area contributed by atoms with Crippen LogP contribution in [0.2, 0.25) is 0 Å². The van der Waals surface area contributed by atoms with E-state index in [1.165, 1.54) is 22.3 Å². The Labute approximate surface area is 220 Å². The highest BCUT2D eigenvalue weighted by atomic mass is 16.3. The van der Waals surface area contributed by atoms with Gasteiger partial charge >= 0.3 is 0 Å². The molecule has 0 saturated carbocycles. The molecule has 0 spiro atoms. The van der Waals surface area contributed by atoms with Crippen LogP contribution >= 0.6 is 0 Å². The van der Waals surface area contributed by atoms with E-state index in [0.717, 1.165) is 49.7 Å². The van der Waals surface area contributed by atoms with Crippen molar-refractivity contribution >= 4 is 32.8 Å². The smallest absolute Gasteiger partial charge is 0.160 e. The van der Waals surface area contributed by atoms with Crippen LogP contribution < -0.4 is 0 Å². The lowest BCUT2D eigenvalue weighted by molar-refractivity contribution is 0.658. The molecule has 0 unspecified atom stereocenters. The van der Waals surface area contributed by atoms with Gasteiger partial charge in [0.1, 0.15) is 11.2 Å². The molecular weight excluding hydrogens is 464 g/mol. The van der Waals surface area contributed by atoms with E-state index in [1.54, 1.807) is 0 Å². The maximum atomic E-state index is 6.37. The van der Waals surface area contributed by atoms with Gasteiger partial charge in [-0.3, -0.25) is 0 Å². The minimum Gasteiger partial charge on any atom is -0.456 e. The van der Waals surface area contributed by atoms with Crippen molar-refractivity contribution in [1.29, 1.82) is 0 Å². The van der Waals surface area contributed by atoms with Gasteiger partial charge < -0.3 is 4.42 Å². The molecule has 180 valence electrons. The number of nitrogens with zero attached hydrogens (tertiary/aromatic N) is 2. The number of rotatable bonds is 2. The van der Waals surface area contributed by atoms with Gasteiger partial charge in [-0.15, -0.1) is 0 Å². The van der Waals surface area contributed by atoms with Crippen molar-refractivity contribution in [3.63, 3.8) is 0 Å². The van der Waals surface area contributed by atoms with Crippen LogP contribution in [0.5, 0.6) is 0 Å². The fourth-order valence-corrected chi connectivity index (χ4v) is 6.13. The zero-order chi connectivity index (χ0) is 25.4. The number of fused-ring (bicyclic) bond motifs is 7. The fraction of sp³-hybridized carbons (Fsp3) is 0.0857. The fourth-order valence-electron chi connectivity index (χ4n) is 6.13. The average molecular weight is 489 g/mol. The average Bonchev–Trinajstić information content (AvgIpc) is 3.43.